The van der Waals surface area contributed by atoms with Crippen LogP contribution < -0.4 is 0 Å². The summed E-state index contributed by atoms with van der Waals surface area (Å²) in [5.41, 5.74) is 0. The van der Waals surface area contributed by atoms with E-state index in [1.165, 1.54) is 6.08 Å². The van der Waals surface area contributed by atoms with Crippen molar-refractivity contribution in [2.45, 2.75) is 19.8 Å². The van der Waals surface area contributed by atoms with Gasteiger partial charge in [0, 0.05) is 0 Å². The van der Waals surface area contributed by atoms with Gasteiger partial charge in [0.2, 0.25) is 0 Å². The van der Waals surface area contributed by atoms with Gasteiger partial charge in [-0.2, -0.15) is 5.26 Å². The average Bonchev–Trinajstić information content (AvgIpc) is 1.97. The van der Waals surface area contributed by atoms with Crippen LogP contribution in [-0.2, 0) is 4.79 Å². The van der Waals surface area contributed by atoms with E-state index in [4.69, 9.17) is 10.4 Å². The fourth-order valence-electron chi connectivity index (χ4n) is 0.580. The Hall–Kier alpha value is -1.30. The summed E-state index contributed by atoms with van der Waals surface area (Å²) in [6.45, 7) is 1.99. The zero-order valence-corrected chi connectivity index (χ0v) is 6.45. The van der Waals surface area contributed by atoms with E-state index in [0.29, 0.717) is 0 Å². The second kappa shape index (κ2) is 5.48. The molecule has 1 N–H and O–H groups in total. The smallest absolute Gasteiger partial charge is 0.324 e. The molecule has 3 nitrogen and oxygen atoms in total. The van der Waals surface area contributed by atoms with Gasteiger partial charge in [-0.3, -0.25) is 4.79 Å². The Morgan fingerprint density at radius 3 is 2.82 bits per heavy atom. The van der Waals surface area contributed by atoms with E-state index < -0.39 is 11.9 Å². The Morgan fingerprint density at radius 1 is 1.82 bits per heavy atom. The number of rotatable bonds is 4. The van der Waals surface area contributed by atoms with Gasteiger partial charge in [-0.15, -0.1) is 0 Å². The predicted octanol–water partition coefficient (Wildman–Crippen LogP) is 1.57. The third kappa shape index (κ3) is 4.15. The molecular formula is C8H11NO2. The minimum absolute atomic E-state index is 0.825. The quantitative estimate of drug-likeness (QED) is 0.623. The van der Waals surface area contributed by atoms with Gasteiger partial charge < -0.3 is 5.11 Å². The molecule has 0 aliphatic carbocycles. The highest BCUT2D eigenvalue weighted by Crippen LogP contribution is 1.99. The molecule has 0 aliphatic rings. The summed E-state index contributed by atoms with van der Waals surface area (Å²) in [5.74, 6) is -2.07. The molecule has 0 rings (SSSR count). The zero-order chi connectivity index (χ0) is 8.69. The minimum atomic E-state index is -1.08. The first-order valence-corrected chi connectivity index (χ1v) is 3.51. The molecule has 0 aromatic carbocycles. The van der Waals surface area contributed by atoms with Crippen molar-refractivity contribution in [3.05, 3.63) is 12.2 Å². The molecule has 0 radical (unpaired) electrons. The molecule has 0 aliphatic heterocycles. The lowest BCUT2D eigenvalue weighted by molar-refractivity contribution is -0.138. The number of hydrogen-bond acceptors (Lipinski definition) is 2. The number of carbonyl (C=O) groups is 1. The molecule has 0 aromatic rings. The van der Waals surface area contributed by atoms with E-state index in [9.17, 15) is 4.79 Å². The molecule has 0 saturated carbocycles. The molecule has 0 aromatic heterocycles. The third-order valence-corrected chi connectivity index (χ3v) is 1.19. The topological polar surface area (TPSA) is 61.1 Å². The molecule has 0 saturated heterocycles. The maximum Gasteiger partial charge on any atom is 0.324 e. The Labute approximate surface area is 66.0 Å². The maximum atomic E-state index is 10.3. The molecule has 60 valence electrons. The SMILES string of the molecule is CCCC=CC(C#N)C(=O)O. The summed E-state index contributed by atoms with van der Waals surface area (Å²) in [7, 11) is 0. The van der Waals surface area contributed by atoms with Crippen LogP contribution >= 0.6 is 0 Å². The van der Waals surface area contributed by atoms with Gasteiger partial charge >= 0.3 is 5.97 Å². The Bertz CT molecular complexity index is 191. The fraction of sp³-hybridized carbons (Fsp3) is 0.500. The van der Waals surface area contributed by atoms with Crippen LogP contribution in [0.25, 0.3) is 0 Å². The summed E-state index contributed by atoms with van der Waals surface area (Å²) < 4.78 is 0. The first kappa shape index (κ1) is 9.70. The predicted molar refractivity (Wildman–Crippen MR) is 40.8 cm³/mol. The second-order valence-corrected chi connectivity index (χ2v) is 2.16. The summed E-state index contributed by atoms with van der Waals surface area (Å²) in [5, 5.41) is 16.7. The standard InChI is InChI=1S/C8H11NO2/c1-2-3-4-5-7(6-9)8(10)11/h4-5,7H,2-3H2,1H3,(H,10,11). The van der Waals surface area contributed by atoms with Gasteiger partial charge in [0.15, 0.2) is 5.92 Å². The van der Waals surface area contributed by atoms with E-state index >= 15 is 0 Å². The second-order valence-electron chi connectivity index (χ2n) is 2.16. The normalized spacial score (nSPS) is 12.7. The number of nitrogens with zero attached hydrogens (tertiary/aromatic N) is 1. The van der Waals surface area contributed by atoms with Crippen LogP contribution in [0, 0.1) is 17.2 Å². The van der Waals surface area contributed by atoms with Crippen LogP contribution in [-0.4, -0.2) is 11.1 Å². The number of allylic oxidation sites excluding steroid dienone is 1. The highest BCUT2D eigenvalue weighted by Gasteiger charge is 2.10. The van der Waals surface area contributed by atoms with Crippen molar-refractivity contribution < 1.29 is 9.90 Å². The van der Waals surface area contributed by atoms with Gasteiger partial charge in [0.25, 0.3) is 0 Å². The zero-order valence-electron chi connectivity index (χ0n) is 6.45. The third-order valence-electron chi connectivity index (χ3n) is 1.19. The molecule has 1 unspecified atom stereocenters. The molecule has 3 heteroatoms. The van der Waals surface area contributed by atoms with Gasteiger partial charge in [-0.05, 0) is 6.42 Å². The van der Waals surface area contributed by atoms with Crippen LogP contribution in [0.2, 0.25) is 0 Å². The molecule has 11 heavy (non-hydrogen) atoms. The molecule has 0 bridgehead atoms. The fourth-order valence-corrected chi connectivity index (χ4v) is 0.580. The average molecular weight is 153 g/mol. The maximum absolute atomic E-state index is 10.3. The summed E-state index contributed by atoms with van der Waals surface area (Å²) >= 11 is 0. The Morgan fingerprint density at radius 2 is 2.45 bits per heavy atom. The van der Waals surface area contributed by atoms with Gasteiger partial charge in [0.05, 0.1) is 6.07 Å². The van der Waals surface area contributed by atoms with E-state index in [1.807, 2.05) is 6.92 Å². The lowest BCUT2D eigenvalue weighted by atomic mass is 10.1. The van der Waals surface area contributed by atoms with Crippen molar-refractivity contribution in [1.29, 1.82) is 5.26 Å². The van der Waals surface area contributed by atoms with Crippen molar-refractivity contribution in [1.82, 2.24) is 0 Å². The molecule has 0 fully saturated rings. The van der Waals surface area contributed by atoms with Gasteiger partial charge in [-0.1, -0.05) is 25.5 Å². The molecule has 0 spiro atoms. The van der Waals surface area contributed by atoms with E-state index in [-0.39, 0.29) is 0 Å². The van der Waals surface area contributed by atoms with Crippen molar-refractivity contribution >= 4 is 5.97 Å². The van der Waals surface area contributed by atoms with E-state index in [2.05, 4.69) is 0 Å². The van der Waals surface area contributed by atoms with E-state index in [1.54, 1.807) is 12.1 Å². The van der Waals surface area contributed by atoms with Crippen molar-refractivity contribution in [3.63, 3.8) is 0 Å². The van der Waals surface area contributed by atoms with Crippen LogP contribution in [0.5, 0.6) is 0 Å². The first-order valence-electron chi connectivity index (χ1n) is 3.51. The molecule has 1 atom stereocenters. The largest absolute Gasteiger partial charge is 0.480 e. The summed E-state index contributed by atoms with van der Waals surface area (Å²) in [6, 6.07) is 1.67. The van der Waals surface area contributed by atoms with Crippen LogP contribution in [0.3, 0.4) is 0 Å². The van der Waals surface area contributed by atoms with Crippen molar-refractivity contribution in [2.24, 2.45) is 5.92 Å². The lowest BCUT2D eigenvalue weighted by Crippen LogP contribution is -2.07. The number of carboxylic acids is 1. The monoisotopic (exact) mass is 153 g/mol. The number of hydrogen-bond donors (Lipinski definition) is 1. The van der Waals surface area contributed by atoms with Crippen molar-refractivity contribution in [2.75, 3.05) is 0 Å². The summed E-state index contributed by atoms with van der Waals surface area (Å²) in [4.78, 5) is 10.3. The number of unbranched alkanes of at least 4 members (excludes halogenated alkanes) is 1. The molecular weight excluding hydrogens is 142 g/mol. The summed E-state index contributed by atoms with van der Waals surface area (Å²) in [6.07, 6.45) is 4.94. The Balaban J connectivity index is 3.90. The first-order chi connectivity index (χ1) is 5.22. The van der Waals surface area contributed by atoms with Gasteiger partial charge in [-0.25, -0.2) is 0 Å². The highest BCUT2D eigenvalue weighted by atomic mass is 16.4. The highest BCUT2D eigenvalue weighted by molar-refractivity contribution is 5.75. The Kier molecular flexibility index (Phi) is 4.83. The molecule has 0 heterocycles. The molecule has 0 amide bonds. The minimum Gasteiger partial charge on any atom is -0.480 e. The van der Waals surface area contributed by atoms with E-state index in [0.717, 1.165) is 12.8 Å². The van der Waals surface area contributed by atoms with Crippen LogP contribution in [0.1, 0.15) is 19.8 Å². The van der Waals surface area contributed by atoms with Crippen LogP contribution in [0.4, 0.5) is 0 Å². The number of carboxylic acid groups (broad SMARTS) is 1. The lowest BCUT2D eigenvalue weighted by Gasteiger charge is -1.92. The van der Waals surface area contributed by atoms with Crippen LogP contribution in [0.15, 0.2) is 12.2 Å². The number of aliphatic carboxylic acids is 1. The number of nitriles is 1. The van der Waals surface area contributed by atoms with Gasteiger partial charge in [0.1, 0.15) is 0 Å². The van der Waals surface area contributed by atoms with Crippen molar-refractivity contribution in [3.8, 4) is 6.07 Å².